The summed E-state index contributed by atoms with van der Waals surface area (Å²) in [7, 11) is -4.77. The number of rotatable bonds is 18. The van der Waals surface area contributed by atoms with Gasteiger partial charge in [0.1, 0.15) is 8.07 Å². The minimum Gasteiger partial charge on any atom is -0.515 e. The fourth-order valence-electron chi connectivity index (χ4n) is 7.35. The minimum atomic E-state index is -2.52. The van der Waals surface area contributed by atoms with Gasteiger partial charge in [-0.05, 0) is 64.3 Å². The standard InChI is InChI=1S/2C18H34O4Si/c1-13(2)11-12-21-17(19)9-10-18(20)22-23(14(3)4,15(5)6)16(7)8;1-11(2)9-10-15(17(19)20)16(18(21)22)23(12(3)4,13(5)6)14(7)8/h9-10,13-16H,11-12H2,1-8H3;11-14H,9-10H2,1-8H3,(H,19,20)(H,21,22)/b10-9-;16-15+. The predicted octanol–water partition coefficient (Wildman–Crippen LogP) is 9.96. The van der Waals surface area contributed by atoms with E-state index in [0.29, 0.717) is 47.9 Å². The van der Waals surface area contributed by atoms with E-state index in [1.165, 1.54) is 12.2 Å². The van der Waals surface area contributed by atoms with E-state index in [4.69, 9.17) is 9.16 Å². The van der Waals surface area contributed by atoms with E-state index in [1.807, 2.05) is 13.8 Å². The van der Waals surface area contributed by atoms with Crippen LogP contribution in [0.1, 0.15) is 130 Å². The van der Waals surface area contributed by atoms with Gasteiger partial charge >= 0.3 is 23.9 Å². The Labute approximate surface area is 282 Å². The summed E-state index contributed by atoms with van der Waals surface area (Å²) < 4.78 is 11.0. The molecule has 0 unspecified atom stereocenters. The Hall–Kier alpha value is -2.21. The van der Waals surface area contributed by atoms with Crippen LogP contribution in [0.3, 0.4) is 0 Å². The lowest BCUT2D eigenvalue weighted by atomic mass is 10.0. The van der Waals surface area contributed by atoms with E-state index < -0.39 is 40.3 Å². The summed E-state index contributed by atoms with van der Waals surface area (Å²) in [6, 6.07) is 0. The molecule has 0 spiro atoms. The number of carboxylic acids is 2. The van der Waals surface area contributed by atoms with Crippen LogP contribution < -0.4 is 0 Å². The predicted molar refractivity (Wildman–Crippen MR) is 194 cm³/mol. The van der Waals surface area contributed by atoms with Crippen LogP contribution in [0.25, 0.3) is 0 Å². The molecule has 0 fully saturated rings. The Morgan fingerprint density at radius 1 is 0.565 bits per heavy atom. The van der Waals surface area contributed by atoms with Gasteiger partial charge in [0, 0.05) is 22.9 Å². The quantitative estimate of drug-likeness (QED) is 0.0830. The maximum atomic E-state index is 12.2. The molecule has 0 heterocycles. The van der Waals surface area contributed by atoms with Crippen molar-refractivity contribution in [3.05, 3.63) is 22.9 Å². The summed E-state index contributed by atoms with van der Waals surface area (Å²) in [6.07, 6.45) is 4.20. The molecule has 0 atom stereocenters. The number of aliphatic carboxylic acids is 2. The molecule has 46 heavy (non-hydrogen) atoms. The molecule has 0 aliphatic carbocycles. The first-order valence-electron chi connectivity index (χ1n) is 17.2. The van der Waals surface area contributed by atoms with Crippen molar-refractivity contribution in [3.8, 4) is 0 Å². The highest BCUT2D eigenvalue weighted by Gasteiger charge is 2.51. The number of hydrogen-bond donors (Lipinski definition) is 2. The third-order valence-corrected chi connectivity index (χ3v) is 22.4. The van der Waals surface area contributed by atoms with Crippen molar-refractivity contribution in [1.29, 1.82) is 0 Å². The molecule has 0 amide bonds. The SMILES string of the molecule is CC(C)CC/C(C(=O)O)=C(/C(=O)O)[Si](C(C)C)(C(C)C)C(C)C.CC(C)CCOC(=O)/C=C\C(=O)O[Si](C(C)C)(C(C)C)C(C)C. The molecule has 0 aliphatic rings. The van der Waals surface area contributed by atoms with Crippen molar-refractivity contribution in [3.63, 3.8) is 0 Å². The molecule has 0 bridgehead atoms. The van der Waals surface area contributed by atoms with Crippen LogP contribution in [-0.4, -0.2) is 57.1 Å². The molecule has 0 aromatic carbocycles. The van der Waals surface area contributed by atoms with Crippen LogP contribution in [0.15, 0.2) is 22.9 Å². The molecule has 0 aromatic rings. The number of carbonyl (C=O) groups excluding carboxylic acids is 2. The zero-order valence-corrected chi connectivity index (χ0v) is 33.9. The fraction of sp³-hybridized carbons (Fsp3) is 0.778. The third kappa shape index (κ3) is 13.1. The molecular formula is C36H68O8Si2. The smallest absolute Gasteiger partial charge is 0.331 e. The molecule has 0 aliphatic heterocycles. The third-order valence-electron chi connectivity index (χ3n) is 9.32. The highest BCUT2D eigenvalue weighted by Crippen LogP contribution is 2.48. The van der Waals surface area contributed by atoms with Gasteiger partial charge in [0.2, 0.25) is 0 Å². The molecule has 8 nitrogen and oxygen atoms in total. The van der Waals surface area contributed by atoms with Crippen molar-refractivity contribution < 1.29 is 38.6 Å². The second kappa shape index (κ2) is 20.9. The Kier molecular flexibility index (Phi) is 20.9. The lowest BCUT2D eigenvalue weighted by Crippen LogP contribution is -2.50. The normalized spacial score (nSPS) is 13.3. The van der Waals surface area contributed by atoms with Gasteiger partial charge < -0.3 is 19.4 Å². The van der Waals surface area contributed by atoms with Crippen LogP contribution in [0.2, 0.25) is 33.2 Å². The summed E-state index contributed by atoms with van der Waals surface area (Å²) in [4.78, 5) is 47.8. The Morgan fingerprint density at radius 3 is 1.26 bits per heavy atom. The molecule has 268 valence electrons. The van der Waals surface area contributed by atoms with Gasteiger partial charge in [0.05, 0.1) is 6.61 Å². The molecule has 0 rings (SSSR count). The van der Waals surface area contributed by atoms with Crippen molar-refractivity contribution in [2.24, 2.45) is 11.8 Å². The number of ether oxygens (including phenoxy) is 1. The monoisotopic (exact) mass is 684 g/mol. The van der Waals surface area contributed by atoms with Gasteiger partial charge in [0.15, 0.2) is 0 Å². The lowest BCUT2D eigenvalue weighted by Gasteiger charge is -2.44. The topological polar surface area (TPSA) is 127 Å². The van der Waals surface area contributed by atoms with E-state index in [-0.39, 0.29) is 27.4 Å². The van der Waals surface area contributed by atoms with E-state index in [9.17, 15) is 29.4 Å². The zero-order chi connectivity index (χ0) is 36.7. The molecule has 0 saturated heterocycles. The summed E-state index contributed by atoms with van der Waals surface area (Å²) in [6.45, 7) is 33.6. The Morgan fingerprint density at radius 2 is 0.957 bits per heavy atom. The first-order valence-corrected chi connectivity index (χ1v) is 21.6. The molecule has 0 saturated carbocycles. The van der Waals surface area contributed by atoms with Gasteiger partial charge in [-0.3, -0.25) is 0 Å². The van der Waals surface area contributed by atoms with Crippen molar-refractivity contribution >= 4 is 40.3 Å². The first kappa shape index (κ1) is 45.9. The molecular weight excluding hydrogens is 617 g/mol. The highest BCUT2D eigenvalue weighted by molar-refractivity contribution is 6.93. The average Bonchev–Trinajstić information content (AvgIpc) is 2.88. The number of esters is 1. The Bertz CT molecular complexity index is 993. The molecule has 0 aromatic heterocycles. The van der Waals surface area contributed by atoms with Gasteiger partial charge in [-0.2, -0.15) is 0 Å². The lowest BCUT2D eigenvalue weighted by molar-refractivity contribution is -0.139. The minimum absolute atomic E-state index is 0.133. The number of hydrogen-bond acceptors (Lipinski definition) is 6. The maximum Gasteiger partial charge on any atom is 0.331 e. The van der Waals surface area contributed by atoms with Gasteiger partial charge in [-0.1, -0.05) is 111 Å². The fourth-order valence-corrected chi connectivity index (χ4v) is 19.3. The highest BCUT2D eigenvalue weighted by atomic mass is 28.4. The molecule has 0 radical (unpaired) electrons. The summed E-state index contributed by atoms with van der Waals surface area (Å²) >= 11 is 0. The second-order valence-corrected chi connectivity index (χ2v) is 26.4. The van der Waals surface area contributed by atoms with E-state index in [1.54, 1.807) is 0 Å². The Balaban J connectivity index is 0. The number of carbonyl (C=O) groups is 4. The summed E-state index contributed by atoms with van der Waals surface area (Å²) in [5.41, 5.74) is 1.59. The van der Waals surface area contributed by atoms with Crippen LogP contribution in [0, 0.1) is 11.8 Å². The average molecular weight is 685 g/mol. The van der Waals surface area contributed by atoms with Gasteiger partial charge in [0.25, 0.3) is 8.32 Å². The maximum absolute atomic E-state index is 12.2. The van der Waals surface area contributed by atoms with Crippen LogP contribution >= 0.6 is 0 Å². The molecule has 10 heteroatoms. The summed E-state index contributed by atoms with van der Waals surface area (Å²) in [5, 5.41) is 19.9. The largest absolute Gasteiger partial charge is 0.515 e. The van der Waals surface area contributed by atoms with Gasteiger partial charge in [-0.25, -0.2) is 19.2 Å². The van der Waals surface area contributed by atoms with E-state index in [2.05, 4.69) is 96.9 Å². The van der Waals surface area contributed by atoms with Crippen LogP contribution in [-0.2, 0) is 28.3 Å². The summed E-state index contributed by atoms with van der Waals surface area (Å²) in [5.74, 6) is -2.21. The van der Waals surface area contributed by atoms with Crippen molar-refractivity contribution in [1.82, 2.24) is 0 Å². The van der Waals surface area contributed by atoms with Crippen molar-refractivity contribution in [2.75, 3.05) is 6.61 Å². The van der Waals surface area contributed by atoms with Crippen LogP contribution in [0.4, 0.5) is 0 Å². The first-order chi connectivity index (χ1) is 20.9. The van der Waals surface area contributed by atoms with E-state index in [0.717, 1.165) is 6.42 Å². The van der Waals surface area contributed by atoms with Crippen molar-refractivity contribution in [2.45, 2.75) is 163 Å². The van der Waals surface area contributed by atoms with E-state index >= 15 is 0 Å². The molecule has 2 N–H and O–H groups in total. The second-order valence-electron chi connectivity index (χ2n) is 15.2. The zero-order valence-electron chi connectivity index (χ0n) is 31.9. The van der Waals surface area contributed by atoms with Crippen LogP contribution in [0.5, 0.6) is 0 Å². The van der Waals surface area contributed by atoms with Gasteiger partial charge in [-0.15, -0.1) is 0 Å². The number of carboxylic acid groups (broad SMARTS) is 2.